The van der Waals surface area contributed by atoms with Gasteiger partial charge < -0.3 is 25.2 Å². The first kappa shape index (κ1) is 14.4. The number of hydrogen-bond donors (Lipinski definition) is 2. The van der Waals surface area contributed by atoms with E-state index in [1.807, 2.05) is 20.8 Å². The Labute approximate surface area is 117 Å². The van der Waals surface area contributed by atoms with Crippen molar-refractivity contribution in [3.8, 4) is 5.75 Å². The summed E-state index contributed by atoms with van der Waals surface area (Å²) in [6.45, 7) is 7.28. The average molecular weight is 287 g/mol. The summed E-state index contributed by atoms with van der Waals surface area (Å²) in [6, 6.07) is 0. The molecule has 1 saturated heterocycles. The number of aliphatic hydroxyl groups excluding tert-OH is 1. The van der Waals surface area contributed by atoms with E-state index in [2.05, 4.69) is 9.27 Å². The van der Waals surface area contributed by atoms with Crippen molar-refractivity contribution in [3.63, 3.8) is 0 Å². The van der Waals surface area contributed by atoms with Gasteiger partial charge in [-0.3, -0.25) is 0 Å². The maximum absolute atomic E-state index is 9.27. The number of aromatic nitrogens is 1. The van der Waals surface area contributed by atoms with Crippen LogP contribution in [0, 0.1) is 0 Å². The molecule has 0 saturated carbocycles. The van der Waals surface area contributed by atoms with Crippen LogP contribution in [0.2, 0.25) is 0 Å². The molecule has 19 heavy (non-hydrogen) atoms. The number of hydrogen-bond acceptors (Lipinski definition) is 7. The molecule has 0 aliphatic carbocycles. The van der Waals surface area contributed by atoms with E-state index >= 15 is 0 Å². The molecule has 0 bridgehead atoms. The molecule has 2 unspecified atom stereocenters. The Morgan fingerprint density at radius 2 is 2.32 bits per heavy atom. The molecule has 2 atom stereocenters. The van der Waals surface area contributed by atoms with Gasteiger partial charge in [-0.05, 0) is 32.3 Å². The van der Waals surface area contributed by atoms with Crippen LogP contribution in [0.4, 0.5) is 10.8 Å². The van der Waals surface area contributed by atoms with Gasteiger partial charge in [0.2, 0.25) is 0 Å². The second kappa shape index (κ2) is 5.94. The second-order valence-corrected chi connectivity index (χ2v) is 5.78. The molecule has 0 radical (unpaired) electrons. The summed E-state index contributed by atoms with van der Waals surface area (Å²) in [5.41, 5.74) is 5.87. The highest BCUT2D eigenvalue weighted by atomic mass is 32.1. The van der Waals surface area contributed by atoms with Gasteiger partial charge >= 0.3 is 0 Å². The topological polar surface area (TPSA) is 80.8 Å². The predicted molar refractivity (Wildman–Crippen MR) is 75.9 cm³/mol. The van der Waals surface area contributed by atoms with Crippen molar-refractivity contribution in [1.82, 2.24) is 4.37 Å². The summed E-state index contributed by atoms with van der Waals surface area (Å²) in [7, 11) is 0. The van der Waals surface area contributed by atoms with E-state index in [1.165, 1.54) is 11.5 Å². The van der Waals surface area contributed by atoms with Crippen molar-refractivity contribution < 1.29 is 14.6 Å². The summed E-state index contributed by atoms with van der Waals surface area (Å²) in [6.07, 6.45) is -0.0790. The molecule has 0 spiro atoms. The van der Waals surface area contributed by atoms with Gasteiger partial charge in [-0.25, -0.2) is 0 Å². The molecule has 1 aromatic heterocycles. The zero-order chi connectivity index (χ0) is 14.0. The van der Waals surface area contributed by atoms with Crippen molar-refractivity contribution in [3.05, 3.63) is 0 Å². The molecule has 3 N–H and O–H groups in total. The van der Waals surface area contributed by atoms with E-state index < -0.39 is 0 Å². The second-order valence-electron chi connectivity index (χ2n) is 5.02. The van der Waals surface area contributed by atoms with Gasteiger partial charge in [0.1, 0.15) is 0 Å². The third-order valence-corrected chi connectivity index (χ3v) is 3.73. The van der Waals surface area contributed by atoms with Crippen LogP contribution >= 0.6 is 11.5 Å². The van der Waals surface area contributed by atoms with Gasteiger partial charge in [0.05, 0.1) is 24.9 Å². The van der Waals surface area contributed by atoms with Gasteiger partial charge in [0.25, 0.3) is 0 Å². The summed E-state index contributed by atoms with van der Waals surface area (Å²) in [5, 5.41) is 10.2. The van der Waals surface area contributed by atoms with Crippen LogP contribution in [-0.4, -0.2) is 47.5 Å². The van der Waals surface area contributed by atoms with Gasteiger partial charge in [0, 0.05) is 13.1 Å². The Hall–Kier alpha value is -1.05. The zero-order valence-corrected chi connectivity index (χ0v) is 12.3. The molecule has 1 aliphatic heterocycles. The molecule has 0 aromatic carbocycles. The monoisotopic (exact) mass is 287 g/mol. The number of rotatable bonds is 4. The average Bonchev–Trinajstić information content (AvgIpc) is 2.69. The van der Waals surface area contributed by atoms with Crippen LogP contribution in [-0.2, 0) is 4.74 Å². The van der Waals surface area contributed by atoms with Gasteiger partial charge in [-0.2, -0.15) is 4.37 Å². The lowest BCUT2D eigenvalue weighted by molar-refractivity contribution is -0.0420. The zero-order valence-electron chi connectivity index (χ0n) is 11.5. The minimum atomic E-state index is -0.182. The Balaban J connectivity index is 2.20. The quantitative estimate of drug-likeness (QED) is 0.863. The first-order valence-electron chi connectivity index (χ1n) is 6.44. The van der Waals surface area contributed by atoms with Crippen LogP contribution in [0.1, 0.15) is 20.8 Å². The fourth-order valence-electron chi connectivity index (χ4n) is 2.14. The Morgan fingerprint density at radius 1 is 1.58 bits per heavy atom. The molecule has 6 nitrogen and oxygen atoms in total. The fourth-order valence-corrected chi connectivity index (χ4v) is 2.91. The van der Waals surface area contributed by atoms with Gasteiger partial charge in [-0.1, -0.05) is 0 Å². The van der Waals surface area contributed by atoms with Crippen molar-refractivity contribution in [2.75, 3.05) is 30.3 Å². The van der Waals surface area contributed by atoms with Crippen molar-refractivity contribution in [1.29, 1.82) is 0 Å². The van der Waals surface area contributed by atoms with Gasteiger partial charge in [-0.15, -0.1) is 0 Å². The van der Waals surface area contributed by atoms with E-state index in [1.54, 1.807) is 0 Å². The van der Waals surface area contributed by atoms with E-state index in [4.69, 9.17) is 15.2 Å². The normalized spacial score (nSPS) is 23.9. The maximum atomic E-state index is 9.27. The van der Waals surface area contributed by atoms with Crippen molar-refractivity contribution in [2.45, 2.75) is 39.1 Å². The first-order valence-corrected chi connectivity index (χ1v) is 7.21. The largest absolute Gasteiger partial charge is 0.484 e. The Bertz CT molecular complexity index is 424. The standard InChI is InChI=1S/C12H21N3O3S/c1-7(2)17-10-11(13)14-19-12(10)15-4-8(3)18-9(5-15)6-16/h7-9,16H,4-6H2,1-3H3,(H2,13,14). The van der Waals surface area contributed by atoms with Crippen LogP contribution in [0.5, 0.6) is 5.75 Å². The van der Waals surface area contributed by atoms with E-state index in [9.17, 15) is 5.11 Å². The van der Waals surface area contributed by atoms with Crippen molar-refractivity contribution in [2.24, 2.45) is 0 Å². The third-order valence-electron chi connectivity index (χ3n) is 2.83. The molecular weight excluding hydrogens is 266 g/mol. The molecule has 1 aromatic rings. The number of morpholine rings is 1. The van der Waals surface area contributed by atoms with Crippen molar-refractivity contribution >= 4 is 22.4 Å². The lowest BCUT2D eigenvalue weighted by Crippen LogP contribution is -2.48. The minimum Gasteiger partial charge on any atom is -0.484 e. The number of aliphatic hydroxyl groups is 1. The van der Waals surface area contributed by atoms with E-state index in [0.717, 1.165) is 11.5 Å². The molecule has 0 amide bonds. The smallest absolute Gasteiger partial charge is 0.198 e. The Morgan fingerprint density at radius 3 is 2.95 bits per heavy atom. The molecule has 2 heterocycles. The molecule has 7 heteroatoms. The molecular formula is C12H21N3O3S. The third kappa shape index (κ3) is 3.29. The highest BCUT2D eigenvalue weighted by molar-refractivity contribution is 7.11. The molecule has 2 rings (SSSR count). The maximum Gasteiger partial charge on any atom is 0.198 e. The van der Waals surface area contributed by atoms with Gasteiger partial charge in [0.15, 0.2) is 16.6 Å². The molecule has 108 valence electrons. The predicted octanol–water partition coefficient (Wildman–Crippen LogP) is 1.10. The molecule has 1 fully saturated rings. The molecule has 1 aliphatic rings. The number of nitrogen functional groups attached to an aromatic ring is 1. The van der Waals surface area contributed by atoms with Crippen LogP contribution in [0.15, 0.2) is 0 Å². The van der Waals surface area contributed by atoms with Crippen LogP contribution < -0.4 is 15.4 Å². The number of anilines is 2. The summed E-state index contributed by atoms with van der Waals surface area (Å²) in [4.78, 5) is 2.13. The lowest BCUT2D eigenvalue weighted by Gasteiger charge is -2.36. The highest BCUT2D eigenvalue weighted by Crippen LogP contribution is 2.39. The highest BCUT2D eigenvalue weighted by Gasteiger charge is 2.29. The number of ether oxygens (including phenoxy) is 2. The SMILES string of the molecule is CC(C)Oc1c(N)nsc1N1CC(C)OC(CO)C1. The summed E-state index contributed by atoms with van der Waals surface area (Å²) < 4.78 is 15.6. The van der Waals surface area contributed by atoms with E-state index in [0.29, 0.717) is 18.1 Å². The lowest BCUT2D eigenvalue weighted by atomic mass is 10.2. The Kier molecular flexibility index (Phi) is 4.49. The van der Waals surface area contributed by atoms with Crippen LogP contribution in [0.25, 0.3) is 0 Å². The number of nitrogens with two attached hydrogens (primary N) is 1. The fraction of sp³-hybridized carbons (Fsp3) is 0.750. The van der Waals surface area contributed by atoms with E-state index in [-0.39, 0.29) is 24.9 Å². The minimum absolute atomic E-state index is 0.00942. The first-order chi connectivity index (χ1) is 9.01. The van der Waals surface area contributed by atoms with Crippen LogP contribution in [0.3, 0.4) is 0 Å². The number of nitrogens with zero attached hydrogens (tertiary/aromatic N) is 2. The summed E-state index contributed by atoms with van der Waals surface area (Å²) in [5.74, 6) is 1.07. The summed E-state index contributed by atoms with van der Waals surface area (Å²) >= 11 is 1.33.